The Hall–Kier alpha value is -2.74. The summed E-state index contributed by atoms with van der Waals surface area (Å²) in [6.45, 7) is 2.06. The summed E-state index contributed by atoms with van der Waals surface area (Å²) in [4.78, 5) is 30.7. The number of hydrogen-bond acceptors (Lipinski definition) is 5. The first-order valence-corrected chi connectivity index (χ1v) is 11.5. The summed E-state index contributed by atoms with van der Waals surface area (Å²) in [6.07, 6.45) is 6.44. The summed E-state index contributed by atoms with van der Waals surface area (Å²) >= 11 is 1.44. The minimum absolute atomic E-state index is 0.00661. The first kappa shape index (κ1) is 19.2. The van der Waals surface area contributed by atoms with E-state index in [0.29, 0.717) is 30.4 Å². The van der Waals surface area contributed by atoms with Crippen LogP contribution >= 0.6 is 11.3 Å². The van der Waals surface area contributed by atoms with Crippen LogP contribution in [0.15, 0.2) is 41.9 Å². The van der Waals surface area contributed by atoms with Gasteiger partial charge in [0.1, 0.15) is 11.9 Å². The Morgan fingerprint density at radius 3 is 2.63 bits per heavy atom. The average Bonchev–Trinajstić information content (AvgIpc) is 3.49. The highest BCUT2D eigenvalue weighted by Gasteiger charge is 2.37. The number of nitrogens with zero attached hydrogens (tertiary/aromatic N) is 5. The van der Waals surface area contributed by atoms with Gasteiger partial charge in [0.15, 0.2) is 5.65 Å². The van der Waals surface area contributed by atoms with E-state index in [-0.39, 0.29) is 17.9 Å². The number of carbonyl (C=O) groups excluding carboxylic acids is 2. The zero-order valence-corrected chi connectivity index (χ0v) is 17.6. The molecule has 0 spiro atoms. The fraction of sp³-hybridized carbons (Fsp3) is 0.455. The standard InChI is InChI=1S/C22H25N5O2S/c28-21(17-6-1-3-11-26(17)22(29)18-7-5-15-30-18)25-13-9-16(10-14-25)20-24-23-19-8-2-4-12-27(19)20/h2,4-5,7-8,12,15-17H,1,3,6,9-11,13-14H2. The summed E-state index contributed by atoms with van der Waals surface area (Å²) in [7, 11) is 0. The van der Waals surface area contributed by atoms with E-state index in [2.05, 4.69) is 10.2 Å². The van der Waals surface area contributed by atoms with Crippen molar-refractivity contribution < 1.29 is 9.59 Å². The van der Waals surface area contributed by atoms with Crippen molar-refractivity contribution in [2.24, 2.45) is 0 Å². The van der Waals surface area contributed by atoms with Crippen LogP contribution in [0.4, 0.5) is 0 Å². The van der Waals surface area contributed by atoms with Gasteiger partial charge in [0, 0.05) is 31.7 Å². The van der Waals surface area contributed by atoms with Gasteiger partial charge in [0.2, 0.25) is 5.91 Å². The number of fused-ring (bicyclic) bond motifs is 1. The summed E-state index contributed by atoms with van der Waals surface area (Å²) < 4.78 is 2.05. The molecule has 8 heteroatoms. The van der Waals surface area contributed by atoms with Gasteiger partial charge < -0.3 is 9.80 Å². The van der Waals surface area contributed by atoms with Gasteiger partial charge in [-0.2, -0.15) is 0 Å². The van der Waals surface area contributed by atoms with E-state index in [1.807, 2.05) is 51.2 Å². The van der Waals surface area contributed by atoms with Gasteiger partial charge in [0.05, 0.1) is 4.88 Å². The van der Waals surface area contributed by atoms with Crippen molar-refractivity contribution in [2.45, 2.75) is 44.1 Å². The maximum atomic E-state index is 13.3. The zero-order valence-electron chi connectivity index (χ0n) is 16.8. The van der Waals surface area contributed by atoms with Crippen molar-refractivity contribution in [3.05, 3.63) is 52.6 Å². The van der Waals surface area contributed by atoms with Gasteiger partial charge in [-0.3, -0.25) is 14.0 Å². The normalized spacial score (nSPS) is 20.6. The van der Waals surface area contributed by atoms with E-state index in [9.17, 15) is 9.59 Å². The molecule has 0 bridgehead atoms. The lowest BCUT2D eigenvalue weighted by Gasteiger charge is -2.39. The minimum atomic E-state index is -0.334. The molecule has 156 valence electrons. The molecule has 0 saturated carbocycles. The van der Waals surface area contributed by atoms with Gasteiger partial charge in [-0.15, -0.1) is 21.5 Å². The van der Waals surface area contributed by atoms with Crippen molar-refractivity contribution in [2.75, 3.05) is 19.6 Å². The van der Waals surface area contributed by atoms with Crippen LogP contribution in [0.2, 0.25) is 0 Å². The number of amides is 2. The highest BCUT2D eigenvalue weighted by atomic mass is 32.1. The first-order chi connectivity index (χ1) is 14.7. The topological polar surface area (TPSA) is 70.8 Å². The zero-order chi connectivity index (χ0) is 20.5. The van der Waals surface area contributed by atoms with E-state index in [1.54, 1.807) is 4.90 Å². The minimum Gasteiger partial charge on any atom is -0.341 e. The van der Waals surface area contributed by atoms with Gasteiger partial charge >= 0.3 is 0 Å². The summed E-state index contributed by atoms with van der Waals surface area (Å²) in [5, 5.41) is 10.6. The molecule has 1 unspecified atom stereocenters. The number of thiophene rings is 1. The smallest absolute Gasteiger partial charge is 0.264 e. The second-order valence-electron chi connectivity index (χ2n) is 8.07. The maximum absolute atomic E-state index is 13.3. The fourth-order valence-corrected chi connectivity index (χ4v) is 5.36. The van der Waals surface area contributed by atoms with Crippen LogP contribution in [-0.4, -0.2) is 61.9 Å². The lowest BCUT2D eigenvalue weighted by atomic mass is 9.94. The van der Waals surface area contributed by atoms with Crippen molar-refractivity contribution in [1.29, 1.82) is 0 Å². The summed E-state index contributed by atoms with van der Waals surface area (Å²) in [5.74, 6) is 1.36. The number of pyridine rings is 1. The molecule has 3 aromatic rings. The number of rotatable bonds is 3. The van der Waals surface area contributed by atoms with E-state index < -0.39 is 0 Å². The van der Waals surface area contributed by atoms with Gasteiger partial charge in [-0.05, 0) is 55.7 Å². The Kier molecular flexibility index (Phi) is 5.25. The van der Waals surface area contributed by atoms with Crippen molar-refractivity contribution >= 4 is 28.8 Å². The molecule has 0 aromatic carbocycles. The van der Waals surface area contributed by atoms with E-state index in [4.69, 9.17) is 0 Å². The molecular formula is C22H25N5O2S. The third kappa shape index (κ3) is 3.49. The number of aromatic nitrogens is 3. The number of piperidine rings is 2. The molecule has 5 rings (SSSR count). The molecule has 2 aliphatic heterocycles. The molecule has 2 fully saturated rings. The Morgan fingerprint density at radius 1 is 0.967 bits per heavy atom. The van der Waals surface area contributed by atoms with Gasteiger partial charge in [0.25, 0.3) is 5.91 Å². The van der Waals surface area contributed by atoms with Crippen LogP contribution < -0.4 is 0 Å². The highest BCUT2D eigenvalue weighted by molar-refractivity contribution is 7.12. The molecule has 2 aliphatic rings. The predicted molar refractivity (Wildman–Crippen MR) is 115 cm³/mol. The molecule has 5 heterocycles. The van der Waals surface area contributed by atoms with Crippen LogP contribution in [0, 0.1) is 0 Å². The van der Waals surface area contributed by atoms with E-state index in [0.717, 1.165) is 43.6 Å². The maximum Gasteiger partial charge on any atom is 0.264 e. The van der Waals surface area contributed by atoms with Crippen LogP contribution in [0.1, 0.15) is 53.5 Å². The Morgan fingerprint density at radius 2 is 1.83 bits per heavy atom. The van der Waals surface area contributed by atoms with E-state index in [1.165, 1.54) is 11.3 Å². The van der Waals surface area contributed by atoms with Crippen LogP contribution in [-0.2, 0) is 4.79 Å². The highest BCUT2D eigenvalue weighted by Crippen LogP contribution is 2.29. The molecule has 2 amide bonds. The average molecular weight is 424 g/mol. The van der Waals surface area contributed by atoms with Gasteiger partial charge in [-0.1, -0.05) is 12.1 Å². The van der Waals surface area contributed by atoms with Crippen molar-refractivity contribution in [3.8, 4) is 0 Å². The van der Waals surface area contributed by atoms with Gasteiger partial charge in [-0.25, -0.2) is 0 Å². The fourth-order valence-electron chi connectivity index (χ4n) is 4.68. The molecule has 3 aromatic heterocycles. The second-order valence-corrected chi connectivity index (χ2v) is 9.02. The molecular weight excluding hydrogens is 398 g/mol. The molecule has 7 nitrogen and oxygen atoms in total. The van der Waals surface area contributed by atoms with Crippen molar-refractivity contribution in [1.82, 2.24) is 24.4 Å². The number of carbonyl (C=O) groups is 2. The molecule has 0 N–H and O–H groups in total. The molecule has 2 saturated heterocycles. The number of hydrogen-bond donors (Lipinski definition) is 0. The Balaban J connectivity index is 1.27. The summed E-state index contributed by atoms with van der Waals surface area (Å²) in [6, 6.07) is 9.30. The quantitative estimate of drug-likeness (QED) is 0.649. The van der Waals surface area contributed by atoms with Crippen LogP contribution in [0.3, 0.4) is 0 Å². The SMILES string of the molecule is O=C(C1CCCCN1C(=O)c1cccs1)N1CCC(c2nnc3ccccn23)CC1. The lowest BCUT2D eigenvalue weighted by molar-refractivity contribution is -0.138. The molecule has 30 heavy (non-hydrogen) atoms. The van der Waals surface area contributed by atoms with E-state index >= 15 is 0 Å². The molecule has 1 atom stereocenters. The Bertz CT molecular complexity index is 1040. The van der Waals surface area contributed by atoms with Crippen molar-refractivity contribution in [3.63, 3.8) is 0 Å². The second kappa shape index (κ2) is 8.18. The summed E-state index contributed by atoms with van der Waals surface area (Å²) in [5.41, 5.74) is 0.857. The monoisotopic (exact) mass is 423 g/mol. The molecule has 0 radical (unpaired) electrons. The lowest BCUT2D eigenvalue weighted by Crippen LogP contribution is -2.54. The third-order valence-electron chi connectivity index (χ3n) is 6.29. The largest absolute Gasteiger partial charge is 0.341 e. The van der Waals surface area contributed by atoms with Crippen LogP contribution in [0.5, 0.6) is 0 Å². The van der Waals surface area contributed by atoms with Crippen LogP contribution in [0.25, 0.3) is 5.65 Å². The third-order valence-corrected chi connectivity index (χ3v) is 7.15. The number of likely N-dealkylation sites (tertiary alicyclic amines) is 2. The molecule has 0 aliphatic carbocycles. The first-order valence-electron chi connectivity index (χ1n) is 10.7. The Labute approximate surface area is 179 Å². The predicted octanol–water partition coefficient (Wildman–Crippen LogP) is 3.19.